The van der Waals surface area contributed by atoms with E-state index in [2.05, 4.69) is 0 Å². The first kappa shape index (κ1) is 16.3. The van der Waals surface area contributed by atoms with Gasteiger partial charge in [0.1, 0.15) is 17.1 Å². The summed E-state index contributed by atoms with van der Waals surface area (Å²) in [7, 11) is 0. The normalized spacial score (nSPS) is 10.9. The van der Waals surface area contributed by atoms with Crippen LogP contribution in [0.3, 0.4) is 0 Å². The fourth-order valence-corrected chi connectivity index (χ4v) is 3.73. The van der Waals surface area contributed by atoms with Crippen molar-refractivity contribution in [1.82, 2.24) is 4.57 Å². The number of carbonyl (C=O) groups excluding carboxylic acids is 1. The van der Waals surface area contributed by atoms with Crippen LogP contribution < -0.4 is 4.90 Å². The molecule has 1 aromatic carbocycles. The lowest BCUT2D eigenvalue weighted by Crippen LogP contribution is -2.34. The Hall–Kier alpha value is -2.60. The summed E-state index contributed by atoms with van der Waals surface area (Å²) >= 11 is 1.44. The van der Waals surface area contributed by atoms with Gasteiger partial charge in [-0.25, -0.2) is 4.79 Å². The van der Waals surface area contributed by atoms with E-state index < -0.39 is 5.97 Å². The predicted molar refractivity (Wildman–Crippen MR) is 96.0 cm³/mol. The highest BCUT2D eigenvalue weighted by molar-refractivity contribution is 7.16. The van der Waals surface area contributed by atoms with Gasteiger partial charge in [0.15, 0.2) is 0 Å². The molecule has 0 aliphatic rings. The van der Waals surface area contributed by atoms with Gasteiger partial charge in [0.2, 0.25) is 5.91 Å². The van der Waals surface area contributed by atoms with Crippen molar-refractivity contribution in [1.29, 1.82) is 0 Å². The zero-order valence-corrected chi connectivity index (χ0v) is 14.3. The summed E-state index contributed by atoms with van der Waals surface area (Å²) in [6.07, 6.45) is 0. The molecule has 1 amide bonds. The van der Waals surface area contributed by atoms with Crippen molar-refractivity contribution in [3.8, 4) is 0 Å². The molecular weight excluding hydrogens is 324 g/mol. The van der Waals surface area contributed by atoms with Crippen LogP contribution in [0.5, 0.6) is 0 Å². The second kappa shape index (κ2) is 6.49. The highest BCUT2D eigenvalue weighted by atomic mass is 32.1. The number of aromatic nitrogens is 1. The van der Waals surface area contributed by atoms with Crippen molar-refractivity contribution >= 4 is 39.1 Å². The average molecular weight is 342 g/mol. The molecule has 24 heavy (non-hydrogen) atoms. The van der Waals surface area contributed by atoms with Crippen LogP contribution in [0.25, 0.3) is 10.2 Å². The molecule has 3 rings (SSSR count). The Balaban J connectivity index is 1.95. The molecule has 2 aromatic heterocycles. The second-order valence-electron chi connectivity index (χ2n) is 5.58. The SMILES string of the molecule is CCN(C(=O)Cn1c(C(=O)O)cc2ccsc21)c1cccc(C)c1. The monoisotopic (exact) mass is 342 g/mol. The van der Waals surface area contributed by atoms with E-state index in [-0.39, 0.29) is 18.1 Å². The van der Waals surface area contributed by atoms with E-state index in [0.29, 0.717) is 6.54 Å². The summed E-state index contributed by atoms with van der Waals surface area (Å²) in [5.41, 5.74) is 2.05. The number of fused-ring (bicyclic) bond motifs is 1. The van der Waals surface area contributed by atoms with Crippen molar-refractivity contribution in [2.75, 3.05) is 11.4 Å². The number of amides is 1. The largest absolute Gasteiger partial charge is 0.477 e. The third-order valence-corrected chi connectivity index (χ3v) is 4.90. The van der Waals surface area contributed by atoms with E-state index in [1.54, 1.807) is 15.5 Å². The molecule has 3 aromatic rings. The number of benzene rings is 1. The van der Waals surface area contributed by atoms with Gasteiger partial charge in [-0.3, -0.25) is 4.79 Å². The molecule has 2 heterocycles. The molecule has 0 aliphatic heterocycles. The Morgan fingerprint density at radius 3 is 2.71 bits per heavy atom. The molecule has 0 fully saturated rings. The maximum Gasteiger partial charge on any atom is 0.352 e. The van der Waals surface area contributed by atoms with Gasteiger partial charge >= 0.3 is 5.97 Å². The predicted octanol–water partition coefficient (Wildman–Crippen LogP) is 3.76. The summed E-state index contributed by atoms with van der Waals surface area (Å²) in [5, 5.41) is 12.2. The fourth-order valence-electron chi connectivity index (χ4n) is 2.83. The maximum atomic E-state index is 12.8. The molecule has 0 bridgehead atoms. The Morgan fingerprint density at radius 1 is 1.25 bits per heavy atom. The number of likely N-dealkylation sites (N-methyl/N-ethyl adjacent to an activating group) is 1. The highest BCUT2D eigenvalue weighted by Crippen LogP contribution is 2.26. The van der Waals surface area contributed by atoms with Crippen LogP contribution >= 0.6 is 11.3 Å². The van der Waals surface area contributed by atoms with Gasteiger partial charge in [-0.15, -0.1) is 11.3 Å². The van der Waals surface area contributed by atoms with Crippen LogP contribution in [0.4, 0.5) is 5.69 Å². The smallest absolute Gasteiger partial charge is 0.352 e. The summed E-state index contributed by atoms with van der Waals surface area (Å²) < 4.78 is 1.59. The zero-order valence-electron chi connectivity index (χ0n) is 13.5. The van der Waals surface area contributed by atoms with E-state index >= 15 is 0 Å². The van der Waals surface area contributed by atoms with Gasteiger partial charge < -0.3 is 14.6 Å². The van der Waals surface area contributed by atoms with Gasteiger partial charge in [-0.05, 0) is 49.1 Å². The molecule has 0 unspecified atom stereocenters. The van der Waals surface area contributed by atoms with E-state index in [4.69, 9.17) is 0 Å². The minimum absolute atomic E-state index is 0.00737. The van der Waals surface area contributed by atoms with Gasteiger partial charge in [0, 0.05) is 17.6 Å². The zero-order chi connectivity index (χ0) is 17.3. The molecule has 0 atom stereocenters. The fraction of sp³-hybridized carbons (Fsp3) is 0.222. The third kappa shape index (κ3) is 2.92. The van der Waals surface area contributed by atoms with Crippen LogP contribution in [0.2, 0.25) is 0 Å². The van der Waals surface area contributed by atoms with Gasteiger partial charge in [0.25, 0.3) is 0 Å². The molecule has 5 nitrogen and oxygen atoms in total. The number of carboxylic acid groups (broad SMARTS) is 1. The van der Waals surface area contributed by atoms with Crippen LogP contribution in [0.15, 0.2) is 41.8 Å². The number of rotatable bonds is 5. The Kier molecular flexibility index (Phi) is 4.40. The van der Waals surface area contributed by atoms with E-state index in [9.17, 15) is 14.7 Å². The molecule has 0 radical (unpaired) electrons. The number of anilines is 1. The number of aryl methyl sites for hydroxylation is 1. The second-order valence-corrected chi connectivity index (χ2v) is 6.47. The third-order valence-electron chi connectivity index (χ3n) is 3.95. The number of carbonyl (C=O) groups is 2. The Labute approximate surface area is 143 Å². The molecule has 6 heteroatoms. The Bertz CT molecular complexity index is 910. The lowest BCUT2D eigenvalue weighted by atomic mass is 10.2. The average Bonchev–Trinajstić information content (AvgIpc) is 3.11. The quantitative estimate of drug-likeness (QED) is 0.768. The van der Waals surface area contributed by atoms with Crippen molar-refractivity contribution < 1.29 is 14.7 Å². The Morgan fingerprint density at radius 2 is 2.04 bits per heavy atom. The van der Waals surface area contributed by atoms with E-state index in [0.717, 1.165) is 21.5 Å². The first-order valence-electron chi connectivity index (χ1n) is 7.68. The molecule has 0 aliphatic carbocycles. The first-order valence-corrected chi connectivity index (χ1v) is 8.56. The molecular formula is C18H18N2O3S. The minimum Gasteiger partial charge on any atom is -0.477 e. The molecule has 124 valence electrons. The summed E-state index contributed by atoms with van der Waals surface area (Å²) in [4.78, 5) is 26.8. The van der Waals surface area contributed by atoms with Crippen LogP contribution in [0, 0.1) is 6.92 Å². The number of aromatic carboxylic acids is 1. The van der Waals surface area contributed by atoms with Crippen molar-refractivity contribution in [3.05, 3.63) is 53.0 Å². The number of hydrogen-bond acceptors (Lipinski definition) is 3. The number of hydrogen-bond donors (Lipinski definition) is 1. The van der Waals surface area contributed by atoms with Gasteiger partial charge in [-0.1, -0.05) is 12.1 Å². The van der Waals surface area contributed by atoms with E-state index in [1.807, 2.05) is 49.6 Å². The molecule has 0 saturated heterocycles. The first-order chi connectivity index (χ1) is 11.5. The maximum absolute atomic E-state index is 12.8. The summed E-state index contributed by atoms with van der Waals surface area (Å²) in [6.45, 7) is 4.42. The topological polar surface area (TPSA) is 62.5 Å². The standard InChI is InChI=1S/C18H18N2O3S/c1-3-19(14-6-4-5-12(2)9-14)16(21)11-20-15(18(22)23)10-13-7-8-24-17(13)20/h4-10H,3,11H2,1-2H3,(H,22,23). The van der Waals surface area contributed by atoms with Crippen LogP contribution in [-0.4, -0.2) is 28.1 Å². The van der Waals surface area contributed by atoms with Crippen molar-refractivity contribution in [2.24, 2.45) is 0 Å². The lowest BCUT2D eigenvalue weighted by Gasteiger charge is -2.22. The van der Waals surface area contributed by atoms with Crippen LogP contribution in [-0.2, 0) is 11.3 Å². The van der Waals surface area contributed by atoms with Gasteiger partial charge in [-0.2, -0.15) is 0 Å². The summed E-state index contributed by atoms with van der Waals surface area (Å²) in [5.74, 6) is -1.15. The number of carboxylic acids is 1. The van der Waals surface area contributed by atoms with Gasteiger partial charge in [0.05, 0.1) is 0 Å². The number of nitrogens with zero attached hydrogens (tertiary/aromatic N) is 2. The summed E-state index contributed by atoms with van der Waals surface area (Å²) in [6, 6.07) is 11.2. The van der Waals surface area contributed by atoms with Crippen molar-refractivity contribution in [2.45, 2.75) is 20.4 Å². The van der Waals surface area contributed by atoms with Crippen LogP contribution in [0.1, 0.15) is 23.0 Å². The molecule has 1 N–H and O–H groups in total. The molecule has 0 spiro atoms. The number of thiophene rings is 1. The van der Waals surface area contributed by atoms with Crippen molar-refractivity contribution in [3.63, 3.8) is 0 Å². The highest BCUT2D eigenvalue weighted by Gasteiger charge is 2.21. The lowest BCUT2D eigenvalue weighted by molar-refractivity contribution is -0.119. The molecule has 0 saturated carbocycles. The minimum atomic E-state index is -1.02. The van der Waals surface area contributed by atoms with E-state index in [1.165, 1.54) is 11.3 Å².